The number of fused-ring (bicyclic) bond motifs is 3. The third-order valence-electron chi connectivity index (χ3n) is 7.06. The van der Waals surface area contributed by atoms with Crippen LogP contribution in [0.4, 0.5) is 4.39 Å². The molecule has 0 saturated carbocycles. The highest BCUT2D eigenvalue weighted by molar-refractivity contribution is 6.13. The summed E-state index contributed by atoms with van der Waals surface area (Å²) in [4.78, 5) is 13.8. The van der Waals surface area contributed by atoms with Crippen LogP contribution in [0.25, 0.3) is 78.4 Å². The SMILES string of the molecule is [2H]c1c([2H])c([2H])c(-c2c([2H])c([2H])c([2H])c3c2oc2c(-c4ccc(-c5nc(-c6ccccc6)nc(-c6ccccc6)n5)c(F)c4)c([2H])c([2H])c([2H])c23)c([2H])c1[2H]. The van der Waals surface area contributed by atoms with E-state index in [4.69, 9.17) is 19.5 Å². The standard InChI is InChI=1S/C39H24FN3O/c40-34-24-28(30-19-11-21-32-31-20-10-18-29(35(31)44-36(30)32)25-12-4-1-5-13-25)22-23-33(34)39-42-37(26-14-6-2-7-15-26)41-38(43-39)27-16-8-3-9-17-27/h1-24H/i1D,4D,5D,10D,11D,12D,13D,18D,19D,20D,21D. The van der Waals surface area contributed by atoms with Crippen LogP contribution in [0.1, 0.15) is 15.1 Å². The number of benzene rings is 6. The number of hydrogen-bond donors (Lipinski definition) is 0. The zero-order valence-corrected chi connectivity index (χ0v) is 22.6. The van der Waals surface area contributed by atoms with E-state index in [1.54, 1.807) is 0 Å². The Bertz CT molecular complexity index is 2820. The quantitative estimate of drug-likeness (QED) is 0.203. The first-order chi connectivity index (χ1) is 26.3. The molecule has 0 atom stereocenters. The molecule has 0 bridgehead atoms. The summed E-state index contributed by atoms with van der Waals surface area (Å²) >= 11 is 0. The Balaban J connectivity index is 1.38. The summed E-state index contributed by atoms with van der Waals surface area (Å²) in [6.45, 7) is 0. The normalized spacial score (nSPS) is 14.8. The van der Waals surface area contributed by atoms with E-state index in [0.717, 1.165) is 6.07 Å². The van der Waals surface area contributed by atoms with Crippen LogP contribution in [0, 0.1) is 5.82 Å². The third kappa shape index (κ3) is 4.52. The average Bonchev–Trinajstić information content (AvgIpc) is 3.59. The van der Waals surface area contributed by atoms with Gasteiger partial charge in [0.2, 0.25) is 0 Å². The van der Waals surface area contributed by atoms with Crippen LogP contribution < -0.4 is 0 Å². The number of aromatic nitrogens is 3. The molecule has 8 rings (SSSR count). The fourth-order valence-corrected chi connectivity index (χ4v) is 4.98. The fourth-order valence-electron chi connectivity index (χ4n) is 4.98. The second-order valence-corrected chi connectivity index (χ2v) is 9.74. The van der Waals surface area contributed by atoms with E-state index in [-0.39, 0.29) is 44.5 Å². The molecule has 5 heteroatoms. The van der Waals surface area contributed by atoms with Crippen molar-refractivity contribution in [2.45, 2.75) is 0 Å². The molecule has 0 amide bonds. The monoisotopic (exact) mass is 580 g/mol. The molecule has 0 aliphatic carbocycles. The van der Waals surface area contributed by atoms with Crippen molar-refractivity contribution in [1.29, 1.82) is 0 Å². The van der Waals surface area contributed by atoms with Crippen LogP contribution in [0.2, 0.25) is 0 Å². The van der Waals surface area contributed by atoms with E-state index < -0.39 is 83.4 Å². The van der Waals surface area contributed by atoms with Gasteiger partial charge in [-0.1, -0.05) is 133 Å². The lowest BCUT2D eigenvalue weighted by Crippen LogP contribution is -2.01. The molecule has 0 aliphatic rings. The molecular weight excluding hydrogens is 545 g/mol. The lowest BCUT2D eigenvalue weighted by Gasteiger charge is -2.10. The highest BCUT2D eigenvalue weighted by Gasteiger charge is 2.19. The Morgan fingerprint density at radius 2 is 1.02 bits per heavy atom. The molecule has 0 unspecified atom stereocenters. The van der Waals surface area contributed by atoms with Gasteiger partial charge in [-0.05, 0) is 23.3 Å². The van der Waals surface area contributed by atoms with Crippen molar-refractivity contribution in [3.05, 3.63) is 151 Å². The lowest BCUT2D eigenvalue weighted by molar-refractivity contribution is 0.630. The molecule has 0 N–H and O–H groups in total. The average molecular weight is 581 g/mol. The molecule has 2 heterocycles. The maximum Gasteiger partial charge on any atom is 0.167 e. The topological polar surface area (TPSA) is 51.8 Å². The van der Waals surface area contributed by atoms with Crippen LogP contribution in [0.5, 0.6) is 0 Å². The smallest absolute Gasteiger partial charge is 0.167 e. The summed E-state index contributed by atoms with van der Waals surface area (Å²) in [5.74, 6) is -0.181. The molecular formula is C39H24FN3O. The van der Waals surface area contributed by atoms with Gasteiger partial charge in [-0.2, -0.15) is 0 Å². The number of hydrogen-bond acceptors (Lipinski definition) is 4. The van der Waals surface area contributed by atoms with Gasteiger partial charge >= 0.3 is 0 Å². The van der Waals surface area contributed by atoms with Crippen LogP contribution >= 0.6 is 0 Å². The van der Waals surface area contributed by atoms with Gasteiger partial charge in [-0.3, -0.25) is 0 Å². The van der Waals surface area contributed by atoms with Crippen LogP contribution in [-0.2, 0) is 0 Å². The van der Waals surface area contributed by atoms with Crippen molar-refractivity contribution < 1.29 is 23.9 Å². The van der Waals surface area contributed by atoms with E-state index in [2.05, 4.69) is 15.0 Å². The van der Waals surface area contributed by atoms with Gasteiger partial charge in [0.15, 0.2) is 17.5 Å². The van der Waals surface area contributed by atoms with Gasteiger partial charge in [-0.25, -0.2) is 19.3 Å². The number of nitrogens with zero attached hydrogens (tertiary/aromatic N) is 3. The molecule has 44 heavy (non-hydrogen) atoms. The number of para-hydroxylation sites is 2. The molecule has 0 saturated heterocycles. The summed E-state index contributed by atoms with van der Waals surface area (Å²) in [6, 6.07) is 15.1. The molecule has 8 aromatic rings. The number of halogens is 1. The first-order valence-electron chi connectivity index (χ1n) is 19.0. The van der Waals surface area contributed by atoms with Crippen molar-refractivity contribution in [3.8, 4) is 56.4 Å². The Labute approximate surface area is 268 Å². The maximum absolute atomic E-state index is 16.4. The summed E-state index contributed by atoms with van der Waals surface area (Å²) in [6.07, 6.45) is 0. The summed E-state index contributed by atoms with van der Waals surface area (Å²) < 4.78 is 117. The zero-order chi connectivity index (χ0) is 39.0. The van der Waals surface area contributed by atoms with E-state index >= 15 is 4.39 Å². The molecule has 0 spiro atoms. The molecule has 2 aromatic heterocycles. The van der Waals surface area contributed by atoms with Gasteiger partial charge < -0.3 is 4.42 Å². The van der Waals surface area contributed by atoms with Crippen LogP contribution in [0.3, 0.4) is 0 Å². The summed E-state index contributed by atoms with van der Waals surface area (Å²) in [5.41, 5.74) is -0.233. The number of furan rings is 1. The second kappa shape index (κ2) is 10.7. The Morgan fingerprint density at radius 3 is 1.59 bits per heavy atom. The van der Waals surface area contributed by atoms with Gasteiger partial charge in [-0.15, -0.1) is 0 Å². The van der Waals surface area contributed by atoms with Crippen LogP contribution in [-0.4, -0.2) is 15.0 Å². The predicted octanol–water partition coefficient (Wildman–Crippen LogP) is 10.2. The van der Waals surface area contributed by atoms with E-state index in [0.29, 0.717) is 22.8 Å². The first-order valence-corrected chi connectivity index (χ1v) is 13.5. The van der Waals surface area contributed by atoms with E-state index in [9.17, 15) is 0 Å². The second-order valence-electron chi connectivity index (χ2n) is 9.74. The molecule has 0 radical (unpaired) electrons. The lowest BCUT2D eigenvalue weighted by atomic mass is 9.99. The first kappa shape index (κ1) is 16.6. The third-order valence-corrected chi connectivity index (χ3v) is 7.06. The minimum absolute atomic E-state index is 0.00860. The van der Waals surface area contributed by atoms with Crippen LogP contribution in [0.15, 0.2) is 150 Å². The van der Waals surface area contributed by atoms with E-state index in [1.165, 1.54) is 12.1 Å². The maximum atomic E-state index is 16.4. The van der Waals surface area contributed by atoms with Crippen molar-refractivity contribution in [2.24, 2.45) is 0 Å². The largest absolute Gasteiger partial charge is 0.455 e. The van der Waals surface area contributed by atoms with Crippen molar-refractivity contribution in [3.63, 3.8) is 0 Å². The van der Waals surface area contributed by atoms with Gasteiger partial charge in [0.1, 0.15) is 17.0 Å². The Hall–Kier alpha value is -5.94. The molecule has 6 aromatic carbocycles. The van der Waals surface area contributed by atoms with Crippen molar-refractivity contribution in [1.82, 2.24) is 15.0 Å². The van der Waals surface area contributed by atoms with Gasteiger partial charge in [0.25, 0.3) is 0 Å². The zero-order valence-electron chi connectivity index (χ0n) is 33.6. The summed E-state index contributed by atoms with van der Waals surface area (Å²) in [5, 5.41) is -0.429. The molecule has 0 fully saturated rings. The van der Waals surface area contributed by atoms with Crippen molar-refractivity contribution >= 4 is 21.9 Å². The highest BCUT2D eigenvalue weighted by atomic mass is 19.1. The van der Waals surface area contributed by atoms with Gasteiger partial charge in [0, 0.05) is 33.0 Å². The number of rotatable bonds is 5. The fraction of sp³-hybridized carbons (Fsp3) is 0. The van der Waals surface area contributed by atoms with E-state index in [1.807, 2.05) is 60.7 Å². The molecule has 208 valence electrons. The van der Waals surface area contributed by atoms with Gasteiger partial charge in [0.05, 0.1) is 20.6 Å². The Morgan fingerprint density at radius 1 is 0.477 bits per heavy atom. The molecule has 4 nitrogen and oxygen atoms in total. The summed E-state index contributed by atoms with van der Waals surface area (Å²) in [7, 11) is 0. The molecule has 0 aliphatic heterocycles. The minimum Gasteiger partial charge on any atom is -0.455 e. The Kier molecular flexibility index (Phi) is 4.05. The minimum atomic E-state index is -0.810. The highest BCUT2D eigenvalue weighted by Crippen LogP contribution is 2.40. The van der Waals surface area contributed by atoms with Crippen molar-refractivity contribution in [2.75, 3.05) is 0 Å². The predicted molar refractivity (Wildman–Crippen MR) is 174 cm³/mol.